The van der Waals surface area contributed by atoms with E-state index in [2.05, 4.69) is 17.2 Å². The van der Waals surface area contributed by atoms with Gasteiger partial charge >= 0.3 is 5.97 Å². The van der Waals surface area contributed by atoms with E-state index in [-0.39, 0.29) is 11.6 Å². The molecule has 18 heavy (non-hydrogen) atoms. The van der Waals surface area contributed by atoms with Gasteiger partial charge in [0.15, 0.2) is 0 Å². The molecule has 5 heteroatoms. The summed E-state index contributed by atoms with van der Waals surface area (Å²) in [5, 5.41) is 12.3. The smallest absolute Gasteiger partial charge is 0.335 e. The van der Waals surface area contributed by atoms with E-state index in [1.165, 1.54) is 0 Å². The Morgan fingerprint density at radius 3 is 2.67 bits per heavy atom. The highest BCUT2D eigenvalue weighted by atomic mass is 16.4. The lowest BCUT2D eigenvalue weighted by atomic mass is 10.2. The zero-order chi connectivity index (χ0) is 13.7. The molecule has 2 N–H and O–H groups in total. The van der Waals surface area contributed by atoms with Gasteiger partial charge in [-0.05, 0) is 32.4 Å². The van der Waals surface area contributed by atoms with Gasteiger partial charge in [0.05, 0.1) is 5.56 Å². The number of nitrogens with zero attached hydrogens (tertiary/aromatic N) is 2. The van der Waals surface area contributed by atoms with Crippen LogP contribution < -0.4 is 10.2 Å². The molecule has 0 unspecified atom stereocenters. The number of nitrogens with one attached hydrogen (secondary N) is 1. The van der Waals surface area contributed by atoms with E-state index in [9.17, 15) is 4.79 Å². The number of hydrogen-bond acceptors (Lipinski definition) is 4. The van der Waals surface area contributed by atoms with Crippen molar-refractivity contribution in [3.05, 3.63) is 17.7 Å². The van der Waals surface area contributed by atoms with Gasteiger partial charge in [0.2, 0.25) is 0 Å². The van der Waals surface area contributed by atoms with Gasteiger partial charge in [0.25, 0.3) is 0 Å². The Balaban J connectivity index is 3.09. The van der Waals surface area contributed by atoms with Gasteiger partial charge in [-0.1, -0.05) is 6.92 Å². The van der Waals surface area contributed by atoms with Crippen LogP contribution >= 0.6 is 0 Å². The number of carboxylic acid groups (broad SMARTS) is 1. The maximum atomic E-state index is 11.1. The standard InChI is InChI=1S/C13H21N3O2/c1-5-9(3)14-11-7-10(13(17)18)8-12(15-11)16(4)6-2/h7-9H,5-6H2,1-4H3,(H,14,15)(H,17,18)/t9-/m0/s1. The SMILES string of the molecule is CC[C@H](C)Nc1cc(C(=O)O)cc(N(C)CC)n1. The van der Waals surface area contributed by atoms with Crippen molar-refractivity contribution in [2.45, 2.75) is 33.2 Å². The van der Waals surface area contributed by atoms with E-state index in [0.717, 1.165) is 13.0 Å². The van der Waals surface area contributed by atoms with Crippen LogP contribution in [0.3, 0.4) is 0 Å². The molecule has 1 rings (SSSR count). The normalized spacial score (nSPS) is 12.0. The molecular weight excluding hydrogens is 230 g/mol. The monoisotopic (exact) mass is 251 g/mol. The van der Waals surface area contributed by atoms with Gasteiger partial charge in [-0.2, -0.15) is 0 Å². The number of anilines is 2. The number of aromatic nitrogens is 1. The van der Waals surface area contributed by atoms with Crippen LogP contribution in [-0.4, -0.2) is 35.7 Å². The van der Waals surface area contributed by atoms with E-state index in [1.54, 1.807) is 12.1 Å². The van der Waals surface area contributed by atoms with Crippen molar-refractivity contribution in [1.29, 1.82) is 0 Å². The summed E-state index contributed by atoms with van der Waals surface area (Å²) in [7, 11) is 1.89. The Hall–Kier alpha value is -1.78. The maximum absolute atomic E-state index is 11.1. The van der Waals surface area contributed by atoms with Crippen molar-refractivity contribution in [3.8, 4) is 0 Å². The quantitative estimate of drug-likeness (QED) is 0.813. The summed E-state index contributed by atoms with van der Waals surface area (Å²) in [6, 6.07) is 3.43. The average Bonchev–Trinajstić information content (AvgIpc) is 2.37. The summed E-state index contributed by atoms with van der Waals surface area (Å²) in [4.78, 5) is 17.4. The van der Waals surface area contributed by atoms with Crippen molar-refractivity contribution in [1.82, 2.24) is 4.98 Å². The van der Waals surface area contributed by atoms with Crippen molar-refractivity contribution in [2.75, 3.05) is 23.8 Å². The molecule has 0 saturated heterocycles. The molecule has 0 saturated carbocycles. The van der Waals surface area contributed by atoms with E-state index in [0.29, 0.717) is 11.6 Å². The summed E-state index contributed by atoms with van der Waals surface area (Å²) in [5.41, 5.74) is 0.256. The number of rotatable bonds is 6. The Bertz CT molecular complexity index is 421. The van der Waals surface area contributed by atoms with Gasteiger partial charge in [0.1, 0.15) is 11.6 Å². The van der Waals surface area contributed by atoms with E-state index in [4.69, 9.17) is 5.11 Å². The molecule has 0 aliphatic carbocycles. The highest BCUT2D eigenvalue weighted by Gasteiger charge is 2.11. The molecule has 1 aromatic rings. The second-order valence-corrected chi connectivity index (χ2v) is 4.37. The number of aromatic carboxylic acids is 1. The molecular formula is C13H21N3O2. The molecule has 0 aliphatic rings. The summed E-state index contributed by atoms with van der Waals surface area (Å²) < 4.78 is 0. The van der Waals surface area contributed by atoms with Gasteiger partial charge in [-0.3, -0.25) is 0 Å². The summed E-state index contributed by atoms with van der Waals surface area (Å²) in [6.07, 6.45) is 0.956. The van der Waals surface area contributed by atoms with Crippen LogP contribution in [0.25, 0.3) is 0 Å². The van der Waals surface area contributed by atoms with Gasteiger partial charge in [0, 0.05) is 19.6 Å². The largest absolute Gasteiger partial charge is 0.478 e. The molecule has 0 aliphatic heterocycles. The molecule has 5 nitrogen and oxygen atoms in total. The Morgan fingerprint density at radius 1 is 1.50 bits per heavy atom. The second-order valence-electron chi connectivity index (χ2n) is 4.37. The molecule has 1 heterocycles. The third-order valence-electron chi connectivity index (χ3n) is 2.93. The fourth-order valence-electron chi connectivity index (χ4n) is 1.43. The van der Waals surface area contributed by atoms with Crippen LogP contribution in [0, 0.1) is 0 Å². The fourth-order valence-corrected chi connectivity index (χ4v) is 1.43. The molecule has 0 spiro atoms. The lowest BCUT2D eigenvalue weighted by molar-refractivity contribution is 0.0697. The topological polar surface area (TPSA) is 65.5 Å². The van der Waals surface area contributed by atoms with Gasteiger partial charge in [-0.25, -0.2) is 9.78 Å². The first-order valence-electron chi connectivity index (χ1n) is 6.21. The van der Waals surface area contributed by atoms with Gasteiger partial charge in [-0.15, -0.1) is 0 Å². The minimum absolute atomic E-state index is 0.256. The Kier molecular flexibility index (Phi) is 4.95. The molecule has 1 aromatic heterocycles. The number of pyridine rings is 1. The van der Waals surface area contributed by atoms with Gasteiger partial charge < -0.3 is 15.3 Å². The maximum Gasteiger partial charge on any atom is 0.335 e. The van der Waals surface area contributed by atoms with Crippen LogP contribution in [0.5, 0.6) is 0 Å². The first-order valence-corrected chi connectivity index (χ1v) is 6.21. The van der Waals surface area contributed by atoms with E-state index in [1.807, 2.05) is 25.8 Å². The number of carboxylic acids is 1. The van der Waals surface area contributed by atoms with Crippen molar-refractivity contribution >= 4 is 17.6 Å². The van der Waals surface area contributed by atoms with E-state index >= 15 is 0 Å². The molecule has 0 bridgehead atoms. The third kappa shape index (κ3) is 3.61. The number of hydrogen-bond donors (Lipinski definition) is 2. The highest BCUT2D eigenvalue weighted by molar-refractivity contribution is 5.89. The Labute approximate surface area is 108 Å². The summed E-state index contributed by atoms with van der Waals surface area (Å²) in [6.45, 7) is 6.88. The third-order valence-corrected chi connectivity index (χ3v) is 2.93. The van der Waals surface area contributed by atoms with Crippen LogP contribution in [0.4, 0.5) is 11.6 Å². The van der Waals surface area contributed by atoms with E-state index < -0.39 is 5.97 Å². The van der Waals surface area contributed by atoms with Crippen molar-refractivity contribution < 1.29 is 9.90 Å². The van der Waals surface area contributed by atoms with Crippen LogP contribution in [0.15, 0.2) is 12.1 Å². The number of carbonyl (C=O) groups is 1. The predicted octanol–water partition coefficient (Wildman–Crippen LogP) is 2.45. The lowest BCUT2D eigenvalue weighted by Crippen LogP contribution is -2.20. The average molecular weight is 251 g/mol. The summed E-state index contributed by atoms with van der Waals surface area (Å²) in [5.74, 6) is 0.345. The minimum Gasteiger partial charge on any atom is -0.478 e. The first-order chi connectivity index (χ1) is 8.47. The van der Waals surface area contributed by atoms with Crippen molar-refractivity contribution in [3.63, 3.8) is 0 Å². The highest BCUT2D eigenvalue weighted by Crippen LogP contribution is 2.18. The Morgan fingerprint density at radius 2 is 2.17 bits per heavy atom. The molecule has 0 fully saturated rings. The lowest BCUT2D eigenvalue weighted by Gasteiger charge is -2.19. The molecule has 1 atom stereocenters. The summed E-state index contributed by atoms with van der Waals surface area (Å²) >= 11 is 0. The zero-order valence-corrected chi connectivity index (χ0v) is 11.4. The minimum atomic E-state index is -0.935. The van der Waals surface area contributed by atoms with Crippen LogP contribution in [-0.2, 0) is 0 Å². The molecule has 0 amide bonds. The fraction of sp³-hybridized carbons (Fsp3) is 0.538. The molecule has 100 valence electrons. The predicted molar refractivity (Wildman–Crippen MR) is 73.5 cm³/mol. The van der Waals surface area contributed by atoms with Crippen LogP contribution in [0.1, 0.15) is 37.6 Å². The molecule has 0 radical (unpaired) electrons. The van der Waals surface area contributed by atoms with Crippen molar-refractivity contribution in [2.24, 2.45) is 0 Å². The first kappa shape index (κ1) is 14.3. The van der Waals surface area contributed by atoms with Crippen LogP contribution in [0.2, 0.25) is 0 Å². The molecule has 0 aromatic carbocycles. The second kappa shape index (κ2) is 6.23. The zero-order valence-electron chi connectivity index (χ0n) is 11.4.